The molecule has 2 N–H and O–H groups in total. The number of aromatic hydroxyl groups is 1. The molecule has 2 aliphatic rings. The van der Waals surface area contributed by atoms with Crippen LogP contribution in [0.2, 0.25) is 0 Å². The molecule has 0 aromatic heterocycles. The Morgan fingerprint density at radius 1 is 1.44 bits per heavy atom. The number of carbonyl (C=O) groups is 2. The molecule has 94 valence electrons. The second kappa shape index (κ2) is 3.61. The highest BCUT2D eigenvalue weighted by Crippen LogP contribution is 2.52. The van der Waals surface area contributed by atoms with Crippen LogP contribution >= 0.6 is 11.8 Å². The third-order valence-corrected chi connectivity index (χ3v) is 4.26. The first-order valence-electron chi connectivity index (χ1n) is 5.23. The summed E-state index contributed by atoms with van der Waals surface area (Å²) in [4.78, 5) is 23.3. The number of hydrogen-bond acceptors (Lipinski definition) is 5. The number of rotatable bonds is 0. The number of hydrogen-bond donors (Lipinski definition) is 2. The fraction of sp³-hybridized carbons (Fsp3) is 0.273. The minimum absolute atomic E-state index is 0.0694. The SMILES string of the molecule is O=C1NC(=O)C2(CCOc3c(O)cc(F)cc32)S1. The molecular formula is C11H8FNO4S. The molecule has 1 fully saturated rings. The van der Waals surface area contributed by atoms with Crippen LogP contribution in [0.5, 0.6) is 11.5 Å². The van der Waals surface area contributed by atoms with Crippen LogP contribution in [-0.2, 0) is 9.54 Å². The summed E-state index contributed by atoms with van der Waals surface area (Å²) in [6, 6.07) is 2.04. The Morgan fingerprint density at radius 3 is 2.89 bits per heavy atom. The van der Waals surface area contributed by atoms with E-state index in [0.29, 0.717) is 0 Å². The Morgan fingerprint density at radius 2 is 2.22 bits per heavy atom. The number of nitrogens with one attached hydrogen (secondary N) is 1. The number of halogens is 1. The van der Waals surface area contributed by atoms with Crippen molar-refractivity contribution in [1.82, 2.24) is 5.32 Å². The molecule has 1 saturated heterocycles. The molecule has 0 aliphatic carbocycles. The van der Waals surface area contributed by atoms with Gasteiger partial charge in [-0.05, 0) is 17.8 Å². The maximum absolute atomic E-state index is 13.4. The van der Waals surface area contributed by atoms with E-state index in [1.54, 1.807) is 0 Å². The highest BCUT2D eigenvalue weighted by atomic mass is 32.2. The minimum atomic E-state index is -1.19. The average molecular weight is 269 g/mol. The van der Waals surface area contributed by atoms with Gasteiger partial charge in [-0.25, -0.2) is 4.39 Å². The van der Waals surface area contributed by atoms with Crippen LogP contribution in [0.25, 0.3) is 0 Å². The van der Waals surface area contributed by atoms with Crippen molar-refractivity contribution in [2.24, 2.45) is 0 Å². The van der Waals surface area contributed by atoms with Crippen LogP contribution < -0.4 is 10.1 Å². The molecule has 0 bridgehead atoms. The van der Waals surface area contributed by atoms with Gasteiger partial charge in [0.2, 0.25) is 5.91 Å². The van der Waals surface area contributed by atoms with E-state index in [9.17, 15) is 19.1 Å². The number of ether oxygens (including phenoxy) is 1. The zero-order chi connectivity index (χ0) is 12.9. The molecule has 1 atom stereocenters. The number of carbonyl (C=O) groups excluding carboxylic acids is 2. The number of imide groups is 1. The van der Waals surface area contributed by atoms with E-state index >= 15 is 0 Å². The van der Waals surface area contributed by atoms with E-state index in [-0.39, 0.29) is 30.1 Å². The van der Waals surface area contributed by atoms with Gasteiger partial charge in [0.1, 0.15) is 10.6 Å². The third-order valence-electron chi connectivity index (χ3n) is 3.02. The molecule has 1 unspecified atom stereocenters. The van der Waals surface area contributed by atoms with Gasteiger partial charge >= 0.3 is 0 Å². The second-order valence-corrected chi connectivity index (χ2v) is 5.34. The summed E-state index contributed by atoms with van der Waals surface area (Å²) in [7, 11) is 0. The van der Waals surface area contributed by atoms with E-state index in [0.717, 1.165) is 23.9 Å². The van der Waals surface area contributed by atoms with Crippen molar-refractivity contribution in [2.75, 3.05) is 6.61 Å². The van der Waals surface area contributed by atoms with Crippen molar-refractivity contribution in [2.45, 2.75) is 11.2 Å². The molecule has 18 heavy (non-hydrogen) atoms. The summed E-state index contributed by atoms with van der Waals surface area (Å²) in [5.74, 6) is -1.47. The summed E-state index contributed by atoms with van der Waals surface area (Å²) in [5.41, 5.74) is 0.208. The van der Waals surface area contributed by atoms with Crippen LogP contribution in [0.1, 0.15) is 12.0 Å². The smallest absolute Gasteiger partial charge is 0.287 e. The van der Waals surface area contributed by atoms with Crippen LogP contribution in [-0.4, -0.2) is 22.9 Å². The van der Waals surface area contributed by atoms with Gasteiger partial charge in [-0.1, -0.05) is 0 Å². The lowest BCUT2D eigenvalue weighted by atomic mass is 9.90. The van der Waals surface area contributed by atoms with Gasteiger partial charge in [-0.3, -0.25) is 14.9 Å². The van der Waals surface area contributed by atoms with Crippen molar-refractivity contribution in [3.05, 3.63) is 23.5 Å². The molecule has 0 radical (unpaired) electrons. The molecular weight excluding hydrogens is 261 g/mol. The molecule has 1 spiro atoms. The summed E-state index contributed by atoms with van der Waals surface area (Å²) in [6.07, 6.45) is 0.255. The quantitative estimate of drug-likeness (QED) is 0.746. The van der Waals surface area contributed by atoms with Gasteiger partial charge in [0.15, 0.2) is 11.5 Å². The summed E-state index contributed by atoms with van der Waals surface area (Å²) >= 11 is 0.800. The Balaban J connectivity index is 2.23. The number of benzene rings is 1. The van der Waals surface area contributed by atoms with Gasteiger partial charge in [0.25, 0.3) is 5.24 Å². The summed E-state index contributed by atoms with van der Waals surface area (Å²) in [6.45, 7) is 0.180. The highest BCUT2D eigenvalue weighted by molar-refractivity contribution is 8.15. The van der Waals surface area contributed by atoms with Gasteiger partial charge in [0, 0.05) is 18.1 Å². The Kier molecular flexibility index (Phi) is 2.28. The maximum atomic E-state index is 13.4. The zero-order valence-corrected chi connectivity index (χ0v) is 9.84. The predicted molar refractivity (Wildman–Crippen MR) is 61.0 cm³/mol. The normalized spacial score (nSPS) is 25.8. The molecule has 5 nitrogen and oxygen atoms in total. The third kappa shape index (κ3) is 1.40. The first-order valence-corrected chi connectivity index (χ1v) is 6.05. The predicted octanol–water partition coefficient (Wildman–Crippen LogP) is 1.49. The number of amides is 2. The fourth-order valence-corrected chi connectivity index (χ4v) is 3.28. The molecule has 2 aliphatic heterocycles. The van der Waals surface area contributed by atoms with E-state index < -0.39 is 21.7 Å². The van der Waals surface area contributed by atoms with Crippen LogP contribution in [0, 0.1) is 5.82 Å². The highest BCUT2D eigenvalue weighted by Gasteiger charge is 2.53. The van der Waals surface area contributed by atoms with Crippen molar-refractivity contribution in [3.63, 3.8) is 0 Å². The van der Waals surface area contributed by atoms with Gasteiger partial charge in [-0.2, -0.15) is 0 Å². The van der Waals surface area contributed by atoms with E-state index in [1.807, 2.05) is 0 Å². The lowest BCUT2D eigenvalue weighted by Crippen LogP contribution is -2.38. The minimum Gasteiger partial charge on any atom is -0.504 e. The number of phenols is 1. The molecule has 3 rings (SSSR count). The van der Waals surface area contributed by atoms with E-state index in [1.165, 1.54) is 0 Å². The van der Waals surface area contributed by atoms with Crippen molar-refractivity contribution < 1.29 is 23.8 Å². The second-order valence-electron chi connectivity index (χ2n) is 4.07. The summed E-state index contributed by atoms with van der Waals surface area (Å²) < 4.78 is 17.4. The summed E-state index contributed by atoms with van der Waals surface area (Å²) in [5, 5.41) is 11.3. The number of fused-ring (bicyclic) bond motifs is 2. The van der Waals surface area contributed by atoms with Crippen molar-refractivity contribution in [1.29, 1.82) is 0 Å². The zero-order valence-electron chi connectivity index (χ0n) is 9.03. The van der Waals surface area contributed by atoms with Crippen molar-refractivity contribution >= 4 is 22.9 Å². The molecule has 7 heteroatoms. The first kappa shape index (κ1) is 11.3. The average Bonchev–Trinajstić information content (AvgIpc) is 2.56. The van der Waals surface area contributed by atoms with E-state index in [2.05, 4.69) is 5.32 Å². The fourth-order valence-electron chi connectivity index (χ4n) is 2.23. The van der Waals surface area contributed by atoms with Crippen LogP contribution in [0.15, 0.2) is 12.1 Å². The maximum Gasteiger partial charge on any atom is 0.287 e. The Bertz CT molecular complexity index is 576. The standard InChI is InChI=1S/C11H8FNO4S/c12-5-3-6-8(7(14)4-5)17-2-1-11(6)9(15)13-10(16)18-11/h3-4,14H,1-2H2,(H,13,15,16). The molecule has 2 heterocycles. The lowest BCUT2D eigenvalue weighted by molar-refractivity contribution is -0.122. The molecule has 1 aromatic rings. The molecule has 2 amide bonds. The molecule has 1 aromatic carbocycles. The first-order chi connectivity index (χ1) is 8.53. The lowest BCUT2D eigenvalue weighted by Gasteiger charge is -2.31. The van der Waals surface area contributed by atoms with Gasteiger partial charge < -0.3 is 9.84 Å². The monoisotopic (exact) mass is 269 g/mol. The van der Waals surface area contributed by atoms with Gasteiger partial charge in [0.05, 0.1) is 6.61 Å². The van der Waals surface area contributed by atoms with E-state index in [4.69, 9.17) is 4.74 Å². The van der Waals surface area contributed by atoms with Crippen molar-refractivity contribution in [3.8, 4) is 11.5 Å². The van der Waals surface area contributed by atoms with Gasteiger partial charge in [-0.15, -0.1) is 0 Å². The van der Waals surface area contributed by atoms with Crippen LogP contribution in [0.3, 0.4) is 0 Å². The number of phenolic OH excluding ortho intramolecular Hbond substituents is 1. The molecule has 0 saturated carbocycles. The Labute approximate surface area is 105 Å². The van der Waals surface area contributed by atoms with Crippen LogP contribution in [0.4, 0.5) is 9.18 Å². The largest absolute Gasteiger partial charge is 0.504 e. The topological polar surface area (TPSA) is 75.6 Å². The Hall–Kier alpha value is -1.76. The number of thioether (sulfide) groups is 1.